The van der Waals surface area contributed by atoms with Gasteiger partial charge in [-0.3, -0.25) is 10.1 Å². The quantitative estimate of drug-likeness (QED) is 0.377. The molecule has 0 fully saturated rings. The summed E-state index contributed by atoms with van der Waals surface area (Å²) in [6.45, 7) is 1.63. The van der Waals surface area contributed by atoms with E-state index in [4.69, 9.17) is 16.1 Å². The highest BCUT2D eigenvalue weighted by molar-refractivity contribution is 7.91. The van der Waals surface area contributed by atoms with Crippen molar-refractivity contribution < 1.29 is 17.7 Å². The number of nitrogens with one attached hydrogen (secondary N) is 1. The first kappa shape index (κ1) is 23.0. The molecule has 10 nitrogen and oxygen atoms in total. The number of carbonyl (C=O) groups is 1. The van der Waals surface area contributed by atoms with Crippen LogP contribution < -0.4 is 5.32 Å². The van der Waals surface area contributed by atoms with Crippen LogP contribution >= 0.6 is 22.9 Å². The number of hydrogen-bond acceptors (Lipinski definition) is 9. The standard InChI is InChI=1S/C20H17ClN6O4S2/c1-12-5-3-4-6-15(12)18(28)23-19-24-25-20(32-19)33(29,30)27(2)11-16-22-17(26-31-16)13-7-9-14(21)10-8-13/h3-10H,11H2,1-2H3,(H,23,24,28). The fourth-order valence-electron chi connectivity index (χ4n) is 2.80. The molecule has 0 bridgehead atoms. The molecule has 0 unspecified atom stereocenters. The summed E-state index contributed by atoms with van der Waals surface area (Å²) in [5, 5.41) is 14.6. The van der Waals surface area contributed by atoms with Gasteiger partial charge in [-0.15, -0.1) is 10.2 Å². The van der Waals surface area contributed by atoms with Crippen LogP contribution in [0.2, 0.25) is 5.02 Å². The van der Waals surface area contributed by atoms with Gasteiger partial charge in [0.2, 0.25) is 21.2 Å². The predicted octanol–water partition coefficient (Wildman–Crippen LogP) is 3.62. The summed E-state index contributed by atoms with van der Waals surface area (Å²) in [4.78, 5) is 16.7. The summed E-state index contributed by atoms with van der Waals surface area (Å²) >= 11 is 6.63. The summed E-state index contributed by atoms with van der Waals surface area (Å²) in [5.74, 6) is 0.00958. The first-order chi connectivity index (χ1) is 15.7. The van der Waals surface area contributed by atoms with Gasteiger partial charge >= 0.3 is 0 Å². The fraction of sp³-hybridized carbons (Fsp3) is 0.150. The Morgan fingerprint density at radius 3 is 2.61 bits per heavy atom. The molecule has 170 valence electrons. The molecule has 0 saturated heterocycles. The Balaban J connectivity index is 1.45. The fourth-order valence-corrected chi connectivity index (χ4v) is 5.13. The van der Waals surface area contributed by atoms with E-state index in [1.807, 2.05) is 6.07 Å². The Kier molecular flexibility index (Phi) is 6.51. The lowest BCUT2D eigenvalue weighted by Gasteiger charge is -2.11. The molecule has 1 N–H and O–H groups in total. The van der Waals surface area contributed by atoms with Gasteiger partial charge in [0.1, 0.15) is 0 Å². The van der Waals surface area contributed by atoms with E-state index in [0.717, 1.165) is 21.2 Å². The number of amides is 1. The van der Waals surface area contributed by atoms with E-state index in [1.54, 1.807) is 49.4 Å². The minimum absolute atomic E-state index is 0.0676. The second kappa shape index (κ2) is 9.35. The number of hydrogen-bond donors (Lipinski definition) is 1. The average Bonchev–Trinajstić information content (AvgIpc) is 3.45. The van der Waals surface area contributed by atoms with Crippen molar-refractivity contribution in [2.75, 3.05) is 12.4 Å². The van der Waals surface area contributed by atoms with Crippen LogP contribution in [0.5, 0.6) is 0 Å². The minimum atomic E-state index is -4.00. The Morgan fingerprint density at radius 2 is 1.88 bits per heavy atom. The number of anilines is 1. The van der Waals surface area contributed by atoms with E-state index in [9.17, 15) is 13.2 Å². The highest BCUT2D eigenvalue weighted by atomic mass is 35.5. The Labute approximate surface area is 198 Å². The van der Waals surface area contributed by atoms with E-state index in [2.05, 4.69) is 25.7 Å². The zero-order chi connectivity index (χ0) is 23.6. The van der Waals surface area contributed by atoms with Gasteiger partial charge in [-0.25, -0.2) is 8.42 Å². The molecule has 0 saturated carbocycles. The van der Waals surface area contributed by atoms with Crippen LogP contribution in [0.1, 0.15) is 21.8 Å². The number of carbonyl (C=O) groups excluding carboxylic acids is 1. The first-order valence-corrected chi connectivity index (χ1v) is 12.1. The topological polar surface area (TPSA) is 131 Å². The first-order valence-electron chi connectivity index (χ1n) is 9.49. The lowest BCUT2D eigenvalue weighted by Crippen LogP contribution is -2.26. The second-order valence-electron chi connectivity index (χ2n) is 6.92. The molecular weight excluding hydrogens is 488 g/mol. The number of halogens is 1. The Hall–Kier alpha value is -3.19. The molecule has 2 aromatic heterocycles. The Bertz CT molecular complexity index is 1400. The van der Waals surface area contributed by atoms with Crippen LogP contribution in [0.15, 0.2) is 57.4 Å². The normalized spacial score (nSPS) is 11.6. The van der Waals surface area contributed by atoms with Crippen molar-refractivity contribution in [3.05, 3.63) is 70.6 Å². The molecule has 2 heterocycles. The van der Waals surface area contributed by atoms with Crippen molar-refractivity contribution in [3.8, 4) is 11.4 Å². The molecule has 4 aromatic rings. The van der Waals surface area contributed by atoms with E-state index in [0.29, 0.717) is 22.0 Å². The molecule has 0 aliphatic carbocycles. The summed E-state index contributed by atoms with van der Waals surface area (Å²) in [7, 11) is -2.65. The van der Waals surface area contributed by atoms with Crippen LogP contribution in [0, 0.1) is 6.92 Å². The van der Waals surface area contributed by atoms with Gasteiger partial charge in [0.15, 0.2) is 0 Å². The van der Waals surface area contributed by atoms with Gasteiger partial charge in [-0.2, -0.15) is 9.29 Å². The molecule has 0 atom stereocenters. The molecule has 4 rings (SSSR count). The smallest absolute Gasteiger partial charge is 0.272 e. The van der Waals surface area contributed by atoms with Gasteiger partial charge in [-0.05, 0) is 42.8 Å². The number of aromatic nitrogens is 4. The predicted molar refractivity (Wildman–Crippen MR) is 122 cm³/mol. The maximum absolute atomic E-state index is 12.9. The third-order valence-corrected chi connectivity index (χ3v) is 7.82. The van der Waals surface area contributed by atoms with Crippen molar-refractivity contribution >= 4 is 44.0 Å². The molecule has 0 spiro atoms. The molecule has 13 heteroatoms. The summed E-state index contributed by atoms with van der Waals surface area (Å²) < 4.78 is 31.7. The van der Waals surface area contributed by atoms with Crippen molar-refractivity contribution in [1.82, 2.24) is 24.6 Å². The molecule has 2 aromatic carbocycles. The van der Waals surface area contributed by atoms with E-state index in [1.165, 1.54) is 7.05 Å². The Morgan fingerprint density at radius 1 is 1.15 bits per heavy atom. The van der Waals surface area contributed by atoms with Crippen molar-refractivity contribution in [2.45, 2.75) is 17.8 Å². The molecule has 0 radical (unpaired) electrons. The zero-order valence-electron chi connectivity index (χ0n) is 17.4. The third kappa shape index (κ3) is 5.09. The SMILES string of the molecule is Cc1ccccc1C(=O)Nc1nnc(S(=O)(=O)N(C)Cc2nc(-c3ccc(Cl)cc3)no2)s1. The van der Waals surface area contributed by atoms with E-state index < -0.39 is 15.9 Å². The van der Waals surface area contributed by atoms with Crippen LogP contribution in [0.3, 0.4) is 0 Å². The van der Waals surface area contributed by atoms with Crippen molar-refractivity contribution in [2.24, 2.45) is 0 Å². The number of benzene rings is 2. The lowest BCUT2D eigenvalue weighted by atomic mass is 10.1. The van der Waals surface area contributed by atoms with Crippen LogP contribution in [-0.4, -0.2) is 46.0 Å². The van der Waals surface area contributed by atoms with Crippen molar-refractivity contribution in [3.63, 3.8) is 0 Å². The number of rotatable bonds is 7. The van der Waals surface area contributed by atoms with Gasteiger partial charge in [0.05, 0.1) is 6.54 Å². The average molecular weight is 505 g/mol. The molecule has 33 heavy (non-hydrogen) atoms. The maximum atomic E-state index is 12.9. The zero-order valence-corrected chi connectivity index (χ0v) is 19.8. The third-order valence-electron chi connectivity index (χ3n) is 4.58. The monoisotopic (exact) mass is 504 g/mol. The number of nitrogens with zero attached hydrogens (tertiary/aromatic N) is 5. The number of aryl methyl sites for hydroxylation is 1. The van der Waals surface area contributed by atoms with Crippen molar-refractivity contribution in [1.29, 1.82) is 0 Å². The lowest BCUT2D eigenvalue weighted by molar-refractivity contribution is 0.102. The molecular formula is C20H17ClN6O4S2. The van der Waals surface area contributed by atoms with Gasteiger partial charge in [0, 0.05) is 23.2 Å². The van der Waals surface area contributed by atoms with Crippen LogP contribution in [0.25, 0.3) is 11.4 Å². The van der Waals surface area contributed by atoms with Gasteiger partial charge in [-0.1, -0.05) is 46.3 Å². The largest absolute Gasteiger partial charge is 0.338 e. The highest BCUT2D eigenvalue weighted by Gasteiger charge is 2.28. The van der Waals surface area contributed by atoms with E-state index >= 15 is 0 Å². The molecule has 0 aliphatic rings. The minimum Gasteiger partial charge on any atom is -0.338 e. The summed E-state index contributed by atoms with van der Waals surface area (Å²) in [6.07, 6.45) is 0. The van der Waals surface area contributed by atoms with Crippen LogP contribution in [-0.2, 0) is 16.6 Å². The van der Waals surface area contributed by atoms with Gasteiger partial charge < -0.3 is 4.52 Å². The maximum Gasteiger partial charge on any atom is 0.272 e. The number of sulfonamides is 1. The molecule has 0 aliphatic heterocycles. The highest BCUT2D eigenvalue weighted by Crippen LogP contribution is 2.25. The molecule has 1 amide bonds. The summed E-state index contributed by atoms with van der Waals surface area (Å²) in [5.41, 5.74) is 1.92. The van der Waals surface area contributed by atoms with Gasteiger partial charge in [0.25, 0.3) is 15.9 Å². The van der Waals surface area contributed by atoms with Crippen LogP contribution in [0.4, 0.5) is 5.13 Å². The van der Waals surface area contributed by atoms with E-state index in [-0.39, 0.29) is 21.9 Å². The summed E-state index contributed by atoms with van der Waals surface area (Å²) in [6, 6.07) is 13.9. The second-order valence-corrected chi connectivity index (χ2v) is 10.6.